The van der Waals surface area contributed by atoms with Crippen LogP contribution in [0.5, 0.6) is 0 Å². The van der Waals surface area contributed by atoms with Crippen molar-refractivity contribution in [1.29, 1.82) is 0 Å². The van der Waals surface area contributed by atoms with Crippen LogP contribution in [0.25, 0.3) is 183 Å². The Morgan fingerprint density at radius 3 is 0.953 bits per heavy atom. The summed E-state index contributed by atoms with van der Waals surface area (Å²) in [5.74, 6) is 0. The minimum atomic E-state index is 0.865. The zero-order valence-electron chi connectivity index (χ0n) is 82.7. The van der Waals surface area contributed by atoms with Crippen LogP contribution in [0, 0.1) is 0 Å². The highest BCUT2D eigenvalue weighted by molar-refractivity contribution is 6.10. The Labute approximate surface area is 874 Å². The van der Waals surface area contributed by atoms with E-state index >= 15 is 0 Å². The van der Waals surface area contributed by atoms with E-state index in [1.807, 2.05) is 30.3 Å². The minimum absolute atomic E-state index is 0.865. The van der Waals surface area contributed by atoms with Crippen molar-refractivity contribution in [2.45, 2.75) is 25.7 Å². The summed E-state index contributed by atoms with van der Waals surface area (Å²) in [6.45, 7) is 0. The van der Waals surface area contributed by atoms with Gasteiger partial charge in [-0.2, -0.15) is 0 Å². The van der Waals surface area contributed by atoms with Crippen molar-refractivity contribution in [2.75, 3.05) is 14.7 Å². The van der Waals surface area contributed by atoms with Crippen LogP contribution in [0.1, 0.15) is 31.2 Å². The van der Waals surface area contributed by atoms with Gasteiger partial charge in [0.1, 0.15) is 33.5 Å². The number of benzene rings is 22. The molecular formula is C144H103N3O3. The molecule has 0 bridgehead atoms. The summed E-state index contributed by atoms with van der Waals surface area (Å²) in [6, 6.07) is 196. The van der Waals surface area contributed by atoms with Gasteiger partial charge in [-0.3, -0.25) is 0 Å². The summed E-state index contributed by atoms with van der Waals surface area (Å²) < 4.78 is 19.2. The van der Waals surface area contributed by atoms with E-state index in [0.717, 1.165) is 154 Å². The lowest BCUT2D eigenvalue weighted by Crippen LogP contribution is -2.19. The Kier molecular flexibility index (Phi) is 25.5. The molecule has 6 nitrogen and oxygen atoms in total. The van der Waals surface area contributed by atoms with Gasteiger partial charge in [0, 0.05) is 101 Å². The molecule has 0 atom stereocenters. The van der Waals surface area contributed by atoms with Crippen molar-refractivity contribution in [1.82, 2.24) is 0 Å². The van der Waals surface area contributed by atoms with Gasteiger partial charge in [-0.15, -0.1) is 0 Å². The molecule has 0 N–H and O–H groups in total. The molecule has 712 valence electrons. The van der Waals surface area contributed by atoms with E-state index in [9.17, 15) is 0 Å². The van der Waals surface area contributed by atoms with Crippen LogP contribution in [0.3, 0.4) is 0 Å². The fraction of sp³-hybridized carbons (Fsp3) is 0.0278. The van der Waals surface area contributed by atoms with Crippen LogP contribution < -0.4 is 14.7 Å². The monoisotopic (exact) mass is 1920 g/mol. The molecule has 25 aromatic rings. The van der Waals surface area contributed by atoms with Gasteiger partial charge in [0.25, 0.3) is 0 Å². The highest BCUT2D eigenvalue weighted by Gasteiger charge is 2.28. The van der Waals surface area contributed by atoms with E-state index in [0.29, 0.717) is 0 Å². The van der Waals surface area contributed by atoms with E-state index < -0.39 is 0 Å². The number of para-hydroxylation sites is 5. The molecule has 3 heterocycles. The zero-order chi connectivity index (χ0) is 99.8. The molecule has 22 aromatic carbocycles. The third-order valence-electron chi connectivity index (χ3n) is 29.1. The Morgan fingerprint density at radius 1 is 0.167 bits per heavy atom. The number of anilines is 8. The van der Waals surface area contributed by atoms with Crippen molar-refractivity contribution < 1.29 is 13.3 Å². The first-order valence-electron chi connectivity index (χ1n) is 51.6. The van der Waals surface area contributed by atoms with Gasteiger partial charge in [-0.1, -0.05) is 437 Å². The highest BCUT2D eigenvalue weighted by atomic mass is 16.3. The predicted octanol–water partition coefficient (Wildman–Crippen LogP) is 40.9. The van der Waals surface area contributed by atoms with Gasteiger partial charge >= 0.3 is 0 Å². The van der Waals surface area contributed by atoms with Crippen LogP contribution in [0.15, 0.2) is 606 Å². The molecule has 0 spiro atoms. The molecule has 0 aliphatic heterocycles. The zero-order valence-corrected chi connectivity index (χ0v) is 82.7. The molecule has 2 aliphatic rings. The molecule has 0 radical (unpaired) electrons. The van der Waals surface area contributed by atoms with Crippen molar-refractivity contribution in [3.05, 3.63) is 599 Å². The maximum Gasteiger partial charge on any atom is 0.137 e. The second-order valence-electron chi connectivity index (χ2n) is 38.2. The molecule has 27 rings (SSSR count). The van der Waals surface area contributed by atoms with Gasteiger partial charge in [0.2, 0.25) is 0 Å². The van der Waals surface area contributed by atoms with E-state index in [1.54, 1.807) is 0 Å². The normalized spacial score (nSPS) is 12.3. The second-order valence-corrected chi connectivity index (χ2v) is 38.2. The maximum atomic E-state index is 6.43. The van der Waals surface area contributed by atoms with Gasteiger partial charge in [-0.25, -0.2) is 0 Å². The number of allylic oxidation sites excluding steroid dienone is 8. The topological polar surface area (TPSA) is 49.1 Å². The predicted molar refractivity (Wildman–Crippen MR) is 631 cm³/mol. The first-order chi connectivity index (χ1) is 74.4. The Morgan fingerprint density at radius 2 is 0.473 bits per heavy atom. The first-order valence-corrected chi connectivity index (χ1v) is 51.6. The van der Waals surface area contributed by atoms with E-state index in [-0.39, 0.29) is 0 Å². The third-order valence-corrected chi connectivity index (χ3v) is 29.1. The minimum Gasteiger partial charge on any atom is -0.456 e. The summed E-state index contributed by atoms with van der Waals surface area (Å²) in [7, 11) is 0. The average molecular weight is 1920 g/mol. The summed E-state index contributed by atoms with van der Waals surface area (Å²) in [5.41, 5.74) is 44.6. The van der Waals surface area contributed by atoms with Gasteiger partial charge < -0.3 is 28.0 Å². The lowest BCUT2D eigenvalue weighted by molar-refractivity contribution is 0.668. The third kappa shape index (κ3) is 18.8. The van der Waals surface area contributed by atoms with Gasteiger partial charge in [-0.05, 0) is 269 Å². The number of rotatable bonds is 21. The van der Waals surface area contributed by atoms with Crippen LogP contribution in [-0.4, -0.2) is 0 Å². The van der Waals surface area contributed by atoms with Crippen molar-refractivity contribution in [3.63, 3.8) is 0 Å². The van der Waals surface area contributed by atoms with Crippen LogP contribution in [-0.2, 0) is 0 Å². The maximum absolute atomic E-state index is 6.43. The average Bonchev–Trinajstić information content (AvgIpc) is 1.47. The van der Waals surface area contributed by atoms with Crippen molar-refractivity contribution >= 4 is 117 Å². The van der Waals surface area contributed by atoms with Crippen LogP contribution >= 0.6 is 0 Å². The van der Waals surface area contributed by atoms with Gasteiger partial charge in [0.05, 0.1) is 11.4 Å². The van der Waals surface area contributed by atoms with E-state index in [4.69, 9.17) is 13.3 Å². The molecule has 0 saturated carbocycles. The van der Waals surface area contributed by atoms with Crippen molar-refractivity contribution in [3.8, 4) is 111 Å². The molecule has 2 aliphatic carbocycles. The first kappa shape index (κ1) is 91.8. The number of nitrogens with zero attached hydrogens (tertiary/aromatic N) is 3. The SMILES string of the molecule is C1=CC(c2ccccc2)=C(C2=CC=C(N(c3ccc4c(c3)oc3ccccc34)c3ccccc3-c3cccc(-c4ccccc4)c3)CC2)CC1.c1ccc(-c2ccc(-c3cccc(N(c4cccc(-c5cccc(-c6ccccc6)c5)c4)c4ccc5c(c4)oc4ccccc45)c3)cc2)cc1.c1ccc(-c2ccccc2-c2ccc(N(c3ccc4c(c3)oc3ccccc34)c3ccccc3-c3ccccc3-c3ccccc3)cc2)cc1. The fourth-order valence-corrected chi connectivity index (χ4v) is 21.8. The molecule has 3 aromatic heterocycles. The molecule has 0 saturated heterocycles. The molecule has 6 heteroatoms. The molecule has 0 fully saturated rings. The second kappa shape index (κ2) is 41.7. The standard InChI is InChI=1S/C48H33NO.C48H37NO.C48H33NO/c1-3-12-34(13-4-1)36-24-26-37(27-25-36)40-18-10-20-42(31-40)49(44-28-29-46-45-22-7-8-23-47(45)50-48(46)33-44)43-21-11-19-41(32-43)39-17-9-16-38(30-39)35-14-5-2-6-15-35;1-3-14-34(15-4-1)37-18-13-19-38(32-37)43-22-9-11-24-46(43)49(40-30-31-45-44-23-10-12-25-47(44)50-48(45)33-40)39-28-26-36(27-29-39)42-21-8-7-20-41(42)35-16-5-2-6-17-35;1-3-15-34(16-4-1)39-19-7-8-20-40(39)36-27-29-37(30-28-36)49(38-31-32-45-44-24-12-14-26-47(44)50-48(45)33-38)46-25-13-11-23-43(46)42-22-10-9-21-41(42)35-17-5-2-6-18-35/h1-33H;1-7,9-20,22-26,28,30-33H,8,21,27,29H2;1-33H. The summed E-state index contributed by atoms with van der Waals surface area (Å²) in [6.07, 6.45) is 13.4. The molecule has 0 unspecified atom stereocenters. The fourth-order valence-electron chi connectivity index (χ4n) is 21.8. The quantitative estimate of drug-likeness (QED) is 0.0715. The number of furan rings is 3. The Hall–Kier alpha value is -19.4. The molecule has 0 amide bonds. The summed E-state index contributed by atoms with van der Waals surface area (Å²) in [5, 5.41) is 6.76. The Balaban J connectivity index is 0.000000116. The molecule has 150 heavy (non-hydrogen) atoms. The van der Waals surface area contributed by atoms with Crippen LogP contribution in [0.2, 0.25) is 0 Å². The largest absolute Gasteiger partial charge is 0.456 e. The summed E-state index contributed by atoms with van der Waals surface area (Å²) >= 11 is 0. The lowest BCUT2D eigenvalue weighted by Gasteiger charge is -2.32. The highest BCUT2D eigenvalue weighted by Crippen LogP contribution is 2.51. The number of fused-ring (bicyclic) bond motifs is 9. The Bertz CT molecular complexity index is 9360. The van der Waals surface area contributed by atoms with Crippen LogP contribution in [0.4, 0.5) is 45.5 Å². The number of hydrogen-bond acceptors (Lipinski definition) is 6. The smallest absolute Gasteiger partial charge is 0.137 e. The van der Waals surface area contributed by atoms with Crippen molar-refractivity contribution in [2.24, 2.45) is 0 Å². The molecular weight excluding hydrogens is 1820 g/mol. The van der Waals surface area contributed by atoms with E-state index in [2.05, 4.69) is 561 Å². The van der Waals surface area contributed by atoms with E-state index in [1.165, 1.54) is 123 Å². The number of hydrogen-bond donors (Lipinski definition) is 0. The summed E-state index contributed by atoms with van der Waals surface area (Å²) in [4.78, 5) is 7.15. The van der Waals surface area contributed by atoms with Gasteiger partial charge in [0.15, 0.2) is 0 Å². The lowest BCUT2D eigenvalue weighted by atomic mass is 9.84.